The predicted octanol–water partition coefficient (Wildman–Crippen LogP) is 3.71. The minimum atomic E-state index is -3.73. The third kappa shape index (κ3) is 4.82. The van der Waals surface area contributed by atoms with Gasteiger partial charge in [-0.1, -0.05) is 53.5 Å². The maximum absolute atomic E-state index is 12.8. The van der Waals surface area contributed by atoms with E-state index in [1.165, 1.54) is 16.4 Å². The van der Waals surface area contributed by atoms with E-state index in [-0.39, 0.29) is 34.8 Å². The van der Waals surface area contributed by atoms with Crippen LogP contribution in [-0.2, 0) is 21.4 Å². The zero-order valence-corrected chi connectivity index (χ0v) is 16.9. The normalized spacial score (nSPS) is 16.2. The quantitative estimate of drug-likeness (QED) is 0.791. The second-order valence-corrected chi connectivity index (χ2v) is 9.21. The van der Waals surface area contributed by atoms with Crippen molar-refractivity contribution in [2.24, 2.45) is 5.92 Å². The number of hydrogen-bond donors (Lipinski definition) is 1. The fourth-order valence-electron chi connectivity index (χ4n) is 3.10. The van der Waals surface area contributed by atoms with E-state index in [1.54, 1.807) is 6.07 Å². The van der Waals surface area contributed by atoms with Crippen molar-refractivity contribution in [3.8, 4) is 0 Å². The molecule has 0 unspecified atom stereocenters. The van der Waals surface area contributed by atoms with Gasteiger partial charge in [-0.3, -0.25) is 4.79 Å². The topological polar surface area (TPSA) is 66.5 Å². The first kappa shape index (κ1) is 20.1. The van der Waals surface area contributed by atoms with Gasteiger partial charge >= 0.3 is 0 Å². The molecule has 3 rings (SSSR count). The Morgan fingerprint density at radius 2 is 1.74 bits per heavy atom. The molecule has 0 atom stereocenters. The number of carbonyl (C=O) groups is 1. The van der Waals surface area contributed by atoms with Crippen LogP contribution in [0.5, 0.6) is 0 Å². The minimum Gasteiger partial charge on any atom is -0.352 e. The molecule has 0 radical (unpaired) electrons. The Bertz CT molecular complexity index is 912. The van der Waals surface area contributed by atoms with Crippen LogP contribution in [0.25, 0.3) is 0 Å². The van der Waals surface area contributed by atoms with E-state index in [9.17, 15) is 13.2 Å². The SMILES string of the molecule is O=C(NCc1ccccc1)C1CCN(S(=O)(=O)c2cc(Cl)ccc2Cl)CC1. The summed E-state index contributed by atoms with van der Waals surface area (Å²) >= 11 is 12.0. The van der Waals surface area contributed by atoms with E-state index in [2.05, 4.69) is 5.32 Å². The summed E-state index contributed by atoms with van der Waals surface area (Å²) in [5.74, 6) is -0.244. The lowest BCUT2D eigenvalue weighted by Gasteiger charge is -2.30. The zero-order chi connectivity index (χ0) is 19.4. The molecule has 1 fully saturated rings. The number of rotatable bonds is 5. The summed E-state index contributed by atoms with van der Waals surface area (Å²) in [6, 6.07) is 14.0. The molecule has 0 aromatic heterocycles. The highest BCUT2D eigenvalue weighted by Crippen LogP contribution is 2.30. The Morgan fingerprint density at radius 1 is 1.07 bits per heavy atom. The Morgan fingerprint density at radius 3 is 2.41 bits per heavy atom. The van der Waals surface area contributed by atoms with Gasteiger partial charge in [0, 0.05) is 30.6 Å². The second kappa shape index (κ2) is 8.61. The van der Waals surface area contributed by atoms with Gasteiger partial charge in [0.15, 0.2) is 0 Å². The molecule has 0 bridgehead atoms. The molecule has 8 heteroatoms. The van der Waals surface area contributed by atoms with E-state index in [0.29, 0.717) is 24.4 Å². The van der Waals surface area contributed by atoms with Crippen LogP contribution >= 0.6 is 23.2 Å². The summed E-state index contributed by atoms with van der Waals surface area (Å²) in [7, 11) is -3.73. The first-order valence-electron chi connectivity index (χ1n) is 8.65. The molecule has 1 N–H and O–H groups in total. The maximum Gasteiger partial charge on any atom is 0.244 e. The van der Waals surface area contributed by atoms with Crippen LogP contribution < -0.4 is 5.32 Å². The number of sulfonamides is 1. The highest BCUT2D eigenvalue weighted by Gasteiger charge is 2.33. The monoisotopic (exact) mass is 426 g/mol. The first-order chi connectivity index (χ1) is 12.9. The van der Waals surface area contributed by atoms with Crippen molar-refractivity contribution >= 4 is 39.1 Å². The van der Waals surface area contributed by atoms with Gasteiger partial charge in [0.25, 0.3) is 0 Å². The molecule has 2 aromatic carbocycles. The lowest BCUT2D eigenvalue weighted by molar-refractivity contribution is -0.126. The Kier molecular flexibility index (Phi) is 6.42. The molecule has 1 aliphatic heterocycles. The number of halogens is 2. The van der Waals surface area contributed by atoms with Gasteiger partial charge < -0.3 is 5.32 Å². The zero-order valence-electron chi connectivity index (χ0n) is 14.6. The maximum atomic E-state index is 12.8. The smallest absolute Gasteiger partial charge is 0.244 e. The molecular formula is C19H20Cl2N2O3S. The van der Waals surface area contributed by atoms with Crippen molar-refractivity contribution in [2.45, 2.75) is 24.3 Å². The predicted molar refractivity (Wildman–Crippen MR) is 106 cm³/mol. The molecule has 144 valence electrons. The summed E-state index contributed by atoms with van der Waals surface area (Å²) in [5, 5.41) is 3.38. The van der Waals surface area contributed by atoms with Crippen LogP contribution in [0.15, 0.2) is 53.4 Å². The van der Waals surface area contributed by atoms with Crippen LogP contribution in [-0.4, -0.2) is 31.7 Å². The molecule has 5 nitrogen and oxygen atoms in total. The summed E-state index contributed by atoms with van der Waals surface area (Å²) in [5.41, 5.74) is 1.03. The van der Waals surface area contributed by atoms with Gasteiger partial charge in [-0.2, -0.15) is 4.31 Å². The number of piperidine rings is 1. The van der Waals surface area contributed by atoms with E-state index in [4.69, 9.17) is 23.2 Å². The van der Waals surface area contributed by atoms with Crippen molar-refractivity contribution in [1.29, 1.82) is 0 Å². The summed E-state index contributed by atoms with van der Waals surface area (Å²) in [6.07, 6.45) is 0.941. The van der Waals surface area contributed by atoms with Gasteiger partial charge in [-0.05, 0) is 36.6 Å². The van der Waals surface area contributed by atoms with Gasteiger partial charge in [0.1, 0.15) is 4.90 Å². The lowest BCUT2D eigenvalue weighted by Crippen LogP contribution is -2.42. The van der Waals surface area contributed by atoms with Gasteiger partial charge in [-0.25, -0.2) is 8.42 Å². The number of carbonyl (C=O) groups excluding carboxylic acids is 1. The van der Waals surface area contributed by atoms with Gasteiger partial charge in [0.05, 0.1) is 5.02 Å². The van der Waals surface area contributed by atoms with Crippen LogP contribution in [0.1, 0.15) is 18.4 Å². The molecule has 1 heterocycles. The average molecular weight is 427 g/mol. The van der Waals surface area contributed by atoms with E-state index in [0.717, 1.165) is 5.56 Å². The number of nitrogens with one attached hydrogen (secondary N) is 1. The summed E-state index contributed by atoms with van der Waals surface area (Å²) < 4.78 is 27.0. The Hall–Kier alpha value is -1.60. The average Bonchev–Trinajstić information content (AvgIpc) is 2.68. The Labute approximate surface area is 169 Å². The van der Waals surface area contributed by atoms with Crippen molar-refractivity contribution in [3.63, 3.8) is 0 Å². The van der Waals surface area contributed by atoms with E-state index in [1.807, 2.05) is 30.3 Å². The number of amides is 1. The fraction of sp³-hybridized carbons (Fsp3) is 0.316. The lowest BCUT2D eigenvalue weighted by atomic mass is 9.97. The van der Waals surface area contributed by atoms with Crippen LogP contribution in [0.2, 0.25) is 10.0 Å². The van der Waals surface area contributed by atoms with Crippen LogP contribution in [0.3, 0.4) is 0 Å². The van der Waals surface area contributed by atoms with Crippen LogP contribution in [0, 0.1) is 5.92 Å². The highest BCUT2D eigenvalue weighted by atomic mass is 35.5. The Balaban J connectivity index is 1.59. The molecule has 1 amide bonds. The third-order valence-corrected chi connectivity index (χ3v) is 7.26. The van der Waals surface area contributed by atoms with Crippen molar-refractivity contribution in [3.05, 3.63) is 64.1 Å². The highest BCUT2D eigenvalue weighted by molar-refractivity contribution is 7.89. The molecule has 1 aliphatic rings. The summed E-state index contributed by atoms with van der Waals surface area (Å²) in [4.78, 5) is 12.4. The summed E-state index contributed by atoms with van der Waals surface area (Å²) in [6.45, 7) is 1.01. The first-order valence-corrected chi connectivity index (χ1v) is 10.8. The molecule has 0 saturated carbocycles. The number of hydrogen-bond acceptors (Lipinski definition) is 3. The minimum absolute atomic E-state index is 0.00338. The molecule has 2 aromatic rings. The number of nitrogens with zero attached hydrogens (tertiary/aromatic N) is 1. The van der Waals surface area contributed by atoms with Crippen molar-refractivity contribution in [1.82, 2.24) is 9.62 Å². The molecule has 1 saturated heterocycles. The standard InChI is InChI=1S/C19H20Cl2N2O3S/c20-16-6-7-17(21)18(12-16)27(25,26)23-10-8-15(9-11-23)19(24)22-13-14-4-2-1-3-5-14/h1-7,12,15H,8-11,13H2,(H,22,24). The largest absolute Gasteiger partial charge is 0.352 e. The van der Waals surface area contributed by atoms with E-state index < -0.39 is 10.0 Å². The molecule has 0 spiro atoms. The van der Waals surface area contributed by atoms with Gasteiger partial charge in [-0.15, -0.1) is 0 Å². The molecule has 27 heavy (non-hydrogen) atoms. The van der Waals surface area contributed by atoms with Gasteiger partial charge in [0.2, 0.25) is 15.9 Å². The fourth-order valence-corrected chi connectivity index (χ4v) is 5.31. The van der Waals surface area contributed by atoms with Crippen LogP contribution in [0.4, 0.5) is 0 Å². The molecular weight excluding hydrogens is 407 g/mol. The van der Waals surface area contributed by atoms with E-state index >= 15 is 0 Å². The third-order valence-electron chi connectivity index (χ3n) is 4.65. The number of benzene rings is 2. The second-order valence-electron chi connectivity index (χ2n) is 6.46. The van der Waals surface area contributed by atoms with Crippen molar-refractivity contribution < 1.29 is 13.2 Å². The van der Waals surface area contributed by atoms with Crippen molar-refractivity contribution in [2.75, 3.05) is 13.1 Å². The molecule has 0 aliphatic carbocycles.